The molecule has 130 valence electrons. The maximum atomic E-state index is 5.47. The van der Waals surface area contributed by atoms with E-state index in [4.69, 9.17) is 4.74 Å². The minimum Gasteiger partial charge on any atom is -0.495 e. The van der Waals surface area contributed by atoms with E-state index >= 15 is 0 Å². The fourth-order valence-corrected chi connectivity index (χ4v) is 2.95. The lowest BCUT2D eigenvalue weighted by molar-refractivity contribution is 0.368. The van der Waals surface area contributed by atoms with Crippen molar-refractivity contribution in [2.45, 2.75) is 0 Å². The third kappa shape index (κ3) is 5.63. The van der Waals surface area contributed by atoms with Crippen molar-refractivity contribution >= 4 is 47.4 Å². The molecule has 0 radical (unpaired) electrons. The Bertz CT molecular complexity index is 493. The third-order valence-electron chi connectivity index (χ3n) is 3.81. The topological polar surface area (TPSA) is 40.1 Å². The van der Waals surface area contributed by atoms with Crippen LogP contribution in [-0.4, -0.2) is 69.7 Å². The molecule has 0 spiro atoms. The van der Waals surface area contributed by atoms with E-state index in [1.165, 1.54) is 5.69 Å². The normalized spacial score (nSPS) is 15.2. The van der Waals surface area contributed by atoms with Gasteiger partial charge in [0.2, 0.25) is 0 Å². The average molecular weight is 450 g/mol. The molecule has 5 nitrogen and oxygen atoms in total. The summed E-state index contributed by atoms with van der Waals surface area (Å²) >= 11 is 1.84. The van der Waals surface area contributed by atoms with Gasteiger partial charge in [0.25, 0.3) is 0 Å². The highest BCUT2D eigenvalue weighted by Gasteiger charge is 2.21. The van der Waals surface area contributed by atoms with E-state index in [0.29, 0.717) is 0 Å². The second-order valence-electron chi connectivity index (χ2n) is 5.11. The van der Waals surface area contributed by atoms with Gasteiger partial charge in [-0.2, -0.15) is 11.8 Å². The quantitative estimate of drug-likeness (QED) is 0.323. The molecule has 23 heavy (non-hydrogen) atoms. The molecule has 1 aliphatic heterocycles. The second-order valence-corrected chi connectivity index (χ2v) is 6.10. The highest BCUT2D eigenvalue weighted by atomic mass is 127. The van der Waals surface area contributed by atoms with Gasteiger partial charge in [-0.05, 0) is 18.4 Å². The molecular weight excluding hydrogens is 423 g/mol. The molecule has 1 saturated heterocycles. The summed E-state index contributed by atoms with van der Waals surface area (Å²) in [5.41, 5.74) is 1.18. The first kappa shape index (κ1) is 20.2. The maximum absolute atomic E-state index is 5.47. The molecular formula is C16H27IN4OS. The first-order valence-electron chi connectivity index (χ1n) is 7.62. The van der Waals surface area contributed by atoms with Crippen molar-refractivity contribution in [2.24, 2.45) is 4.99 Å². The maximum Gasteiger partial charge on any atom is 0.193 e. The SMILES string of the molecule is CN=C(NCCSC)N1CCN(c2ccccc2OC)CC1.I. The molecule has 1 heterocycles. The molecule has 7 heteroatoms. The van der Waals surface area contributed by atoms with E-state index < -0.39 is 0 Å². The van der Waals surface area contributed by atoms with Crippen molar-refractivity contribution < 1.29 is 4.74 Å². The third-order valence-corrected chi connectivity index (χ3v) is 4.42. The number of methoxy groups -OCH3 is 1. The Morgan fingerprint density at radius 2 is 1.96 bits per heavy atom. The van der Waals surface area contributed by atoms with Gasteiger partial charge in [0.15, 0.2) is 5.96 Å². The molecule has 0 aromatic heterocycles. The van der Waals surface area contributed by atoms with E-state index in [1.54, 1.807) is 7.11 Å². The number of aliphatic imine (C=N–C) groups is 1. The van der Waals surface area contributed by atoms with Gasteiger partial charge in [0.1, 0.15) is 5.75 Å². The number of guanidine groups is 1. The van der Waals surface area contributed by atoms with Gasteiger partial charge in [-0.15, -0.1) is 24.0 Å². The Balaban J connectivity index is 0.00000264. The fraction of sp³-hybridized carbons (Fsp3) is 0.562. The summed E-state index contributed by atoms with van der Waals surface area (Å²) in [5.74, 6) is 3.05. The van der Waals surface area contributed by atoms with Crippen molar-refractivity contribution in [2.75, 3.05) is 63.8 Å². The molecule has 0 aliphatic carbocycles. The lowest BCUT2D eigenvalue weighted by atomic mass is 10.2. The predicted molar refractivity (Wildman–Crippen MR) is 112 cm³/mol. The van der Waals surface area contributed by atoms with Crippen LogP contribution in [-0.2, 0) is 0 Å². The summed E-state index contributed by atoms with van der Waals surface area (Å²) in [7, 11) is 3.58. The molecule has 0 unspecified atom stereocenters. The number of hydrogen-bond acceptors (Lipinski definition) is 4. The minimum atomic E-state index is 0. The monoisotopic (exact) mass is 450 g/mol. The summed E-state index contributed by atoms with van der Waals surface area (Å²) in [6.07, 6.45) is 2.12. The fourth-order valence-electron chi connectivity index (χ4n) is 2.65. The van der Waals surface area contributed by atoms with E-state index in [0.717, 1.165) is 50.2 Å². The smallest absolute Gasteiger partial charge is 0.193 e. The number of hydrogen-bond donors (Lipinski definition) is 1. The Hall–Kier alpha value is -0.830. The largest absolute Gasteiger partial charge is 0.495 e. The molecule has 1 aromatic rings. The van der Waals surface area contributed by atoms with Crippen LogP contribution in [0.2, 0.25) is 0 Å². The Morgan fingerprint density at radius 3 is 2.57 bits per heavy atom. The van der Waals surface area contributed by atoms with Crippen molar-refractivity contribution in [1.29, 1.82) is 0 Å². The lowest BCUT2D eigenvalue weighted by Gasteiger charge is -2.38. The minimum absolute atomic E-state index is 0. The predicted octanol–water partition coefficient (Wildman–Crippen LogP) is 2.37. The van der Waals surface area contributed by atoms with Crippen LogP contribution in [0.1, 0.15) is 0 Å². The van der Waals surface area contributed by atoms with Crippen molar-refractivity contribution in [3.05, 3.63) is 24.3 Å². The Morgan fingerprint density at radius 1 is 1.26 bits per heavy atom. The molecule has 2 rings (SSSR count). The standard InChI is InChI=1S/C16H26N4OS.HI/c1-17-16(18-8-13-22-3)20-11-9-19(10-12-20)14-6-4-5-7-15(14)21-2;/h4-7H,8-13H2,1-3H3,(H,17,18);1H. The number of thioether (sulfide) groups is 1. The number of rotatable bonds is 5. The lowest BCUT2D eigenvalue weighted by Crippen LogP contribution is -2.52. The number of ether oxygens (including phenoxy) is 1. The summed E-state index contributed by atoms with van der Waals surface area (Å²) in [4.78, 5) is 9.10. The van der Waals surface area contributed by atoms with E-state index in [-0.39, 0.29) is 24.0 Å². The molecule has 0 amide bonds. The highest BCUT2D eigenvalue weighted by Crippen LogP contribution is 2.28. The zero-order valence-electron chi connectivity index (χ0n) is 14.1. The van der Waals surface area contributed by atoms with Crippen molar-refractivity contribution in [1.82, 2.24) is 10.2 Å². The first-order chi connectivity index (χ1) is 10.8. The summed E-state index contributed by atoms with van der Waals surface area (Å²) in [6.45, 7) is 4.85. The number of nitrogens with zero attached hydrogens (tertiary/aromatic N) is 3. The average Bonchev–Trinajstić information content (AvgIpc) is 2.59. The van der Waals surface area contributed by atoms with Crippen LogP contribution in [0.25, 0.3) is 0 Å². The van der Waals surface area contributed by atoms with Crippen LogP contribution in [0.3, 0.4) is 0 Å². The number of halogens is 1. The van der Waals surface area contributed by atoms with Gasteiger partial charge in [-0.25, -0.2) is 0 Å². The summed E-state index contributed by atoms with van der Waals surface area (Å²) < 4.78 is 5.47. The molecule has 1 fully saturated rings. The Kier molecular flexibility index (Phi) is 9.54. The zero-order valence-corrected chi connectivity index (χ0v) is 17.3. The number of para-hydroxylation sites is 2. The highest BCUT2D eigenvalue weighted by molar-refractivity contribution is 14.0. The summed E-state index contributed by atoms with van der Waals surface area (Å²) in [6, 6.07) is 8.22. The van der Waals surface area contributed by atoms with Crippen LogP contribution in [0, 0.1) is 0 Å². The van der Waals surface area contributed by atoms with E-state index in [2.05, 4.69) is 38.5 Å². The molecule has 1 N–H and O–H groups in total. The number of piperazine rings is 1. The number of benzene rings is 1. The first-order valence-corrected chi connectivity index (χ1v) is 9.02. The molecule has 1 aliphatic rings. The van der Waals surface area contributed by atoms with Crippen LogP contribution in [0.4, 0.5) is 5.69 Å². The molecule has 0 atom stereocenters. The number of anilines is 1. The van der Waals surface area contributed by atoms with Gasteiger partial charge in [0, 0.05) is 45.5 Å². The van der Waals surface area contributed by atoms with Gasteiger partial charge in [0.05, 0.1) is 12.8 Å². The molecule has 0 saturated carbocycles. The molecule has 0 bridgehead atoms. The van der Waals surface area contributed by atoms with Gasteiger partial charge < -0.3 is 19.9 Å². The van der Waals surface area contributed by atoms with Crippen LogP contribution in [0.15, 0.2) is 29.3 Å². The van der Waals surface area contributed by atoms with Crippen molar-refractivity contribution in [3.8, 4) is 5.75 Å². The van der Waals surface area contributed by atoms with Gasteiger partial charge in [-0.3, -0.25) is 4.99 Å². The Labute approximate surface area is 160 Å². The van der Waals surface area contributed by atoms with Gasteiger partial charge in [-0.1, -0.05) is 12.1 Å². The second kappa shape index (κ2) is 10.9. The van der Waals surface area contributed by atoms with Crippen molar-refractivity contribution in [3.63, 3.8) is 0 Å². The van der Waals surface area contributed by atoms with E-state index in [9.17, 15) is 0 Å². The molecule has 1 aromatic carbocycles. The van der Waals surface area contributed by atoms with Gasteiger partial charge >= 0.3 is 0 Å². The van der Waals surface area contributed by atoms with Crippen LogP contribution < -0.4 is 15.0 Å². The zero-order chi connectivity index (χ0) is 15.8. The van der Waals surface area contributed by atoms with E-state index in [1.807, 2.05) is 30.9 Å². The van der Waals surface area contributed by atoms with Crippen LogP contribution >= 0.6 is 35.7 Å². The number of nitrogens with one attached hydrogen (secondary N) is 1. The van der Waals surface area contributed by atoms with Crippen LogP contribution in [0.5, 0.6) is 5.75 Å². The summed E-state index contributed by atoms with van der Waals surface area (Å²) in [5, 5.41) is 3.43.